The van der Waals surface area contributed by atoms with Crippen molar-refractivity contribution in [3.8, 4) is 39.7 Å². The monoisotopic (exact) mass is 798 g/mol. The SMILES string of the molecule is Cc1cnc(-c2[c-]ccc(C(C)(C)C)c2)cc1C.[2H]c1c([2H])c([2H])c(-c2c(C#N)ccc3c2oc2c(-c4ccccn4)[c-]cc(C([2H])([2H])[2H])c23)c([2H])c1[2H].[Ir]. The van der Waals surface area contributed by atoms with Crippen LogP contribution in [0, 0.1) is 44.2 Å². The third-order valence-corrected chi connectivity index (χ3v) is 7.82. The predicted molar refractivity (Wildman–Crippen MR) is 187 cm³/mol. The Hall–Kier alpha value is -4.88. The van der Waals surface area contributed by atoms with E-state index in [4.69, 9.17) is 15.4 Å². The summed E-state index contributed by atoms with van der Waals surface area (Å²) in [5.41, 5.74) is 6.86. The van der Waals surface area contributed by atoms with E-state index < -0.39 is 37.1 Å². The molecule has 7 aromatic rings. The molecule has 0 saturated carbocycles. The van der Waals surface area contributed by atoms with E-state index >= 15 is 0 Å². The van der Waals surface area contributed by atoms with E-state index in [0.29, 0.717) is 16.6 Å². The first-order valence-electron chi connectivity index (χ1n) is 18.7. The smallest absolute Gasteiger partial charge is 0.130 e. The number of furan rings is 1. The van der Waals surface area contributed by atoms with Crippen molar-refractivity contribution in [3.63, 3.8) is 0 Å². The molecular formula is C42H35IrN3O-2. The van der Waals surface area contributed by atoms with Crippen LogP contribution in [0.5, 0.6) is 0 Å². The molecule has 0 atom stereocenters. The molecule has 1 radical (unpaired) electrons. The van der Waals surface area contributed by atoms with Crippen molar-refractivity contribution >= 4 is 21.9 Å². The van der Waals surface area contributed by atoms with Gasteiger partial charge in [0.2, 0.25) is 0 Å². The van der Waals surface area contributed by atoms with Crippen LogP contribution in [0.4, 0.5) is 0 Å². The van der Waals surface area contributed by atoms with Gasteiger partial charge in [-0.25, -0.2) is 0 Å². The van der Waals surface area contributed by atoms with Gasteiger partial charge in [-0.1, -0.05) is 98.6 Å². The zero-order valence-corrected chi connectivity index (χ0v) is 28.9. The normalized spacial score (nSPS) is 13.7. The molecule has 4 nitrogen and oxygen atoms in total. The van der Waals surface area contributed by atoms with Gasteiger partial charge in [-0.3, -0.25) is 0 Å². The summed E-state index contributed by atoms with van der Waals surface area (Å²) >= 11 is 0. The minimum Gasteiger partial charge on any atom is -0.500 e. The van der Waals surface area contributed by atoms with E-state index in [-0.39, 0.29) is 64.3 Å². The first kappa shape index (κ1) is 24.3. The van der Waals surface area contributed by atoms with Gasteiger partial charge in [0, 0.05) is 47.6 Å². The van der Waals surface area contributed by atoms with Crippen LogP contribution in [0.1, 0.15) is 59.6 Å². The maximum absolute atomic E-state index is 9.85. The second-order valence-corrected chi connectivity index (χ2v) is 12.0. The Kier molecular flexibility index (Phi) is 7.17. The number of benzene rings is 4. The number of fused-ring (bicyclic) bond motifs is 3. The van der Waals surface area contributed by atoms with Crippen LogP contribution in [0.3, 0.4) is 0 Å². The molecule has 0 saturated heterocycles. The topological polar surface area (TPSA) is 62.7 Å². The molecule has 0 aliphatic heterocycles. The van der Waals surface area contributed by atoms with Gasteiger partial charge < -0.3 is 14.4 Å². The minimum absolute atomic E-state index is 0. The van der Waals surface area contributed by atoms with Crippen molar-refractivity contribution in [2.24, 2.45) is 0 Å². The number of rotatable bonds is 3. The van der Waals surface area contributed by atoms with Crippen LogP contribution in [-0.2, 0) is 25.5 Å². The van der Waals surface area contributed by atoms with Crippen molar-refractivity contribution < 1.29 is 35.5 Å². The summed E-state index contributed by atoms with van der Waals surface area (Å²) in [6.07, 6.45) is 3.50. The van der Waals surface area contributed by atoms with Gasteiger partial charge in [0.15, 0.2) is 0 Å². The molecule has 0 aliphatic carbocycles. The molecule has 5 heteroatoms. The van der Waals surface area contributed by atoms with Crippen LogP contribution in [-0.4, -0.2) is 9.97 Å². The molecule has 4 aromatic carbocycles. The first-order valence-corrected chi connectivity index (χ1v) is 14.7. The number of nitrogens with zero attached hydrogens (tertiary/aromatic N) is 3. The Bertz CT molecular complexity index is 2600. The standard InChI is InChI=1S/C25H15N2O.C17H20N.Ir/c1-16-10-12-19(21-9-5-6-14-27-21)24-22(16)20-13-11-18(15-26)23(25(20)28-24)17-7-3-2-4-8-17;1-12-9-16(18-11-13(12)2)14-7-6-8-15(10-14)17(3,4)5;/h2-11,13-14H,1H3;6,8-11H,1-5H3;/q2*-1;/i1D3,2D,3D,4D,7D,8D;;. The summed E-state index contributed by atoms with van der Waals surface area (Å²) in [6.45, 7) is 8.34. The van der Waals surface area contributed by atoms with Gasteiger partial charge in [0.05, 0.1) is 24.1 Å². The van der Waals surface area contributed by atoms with Crippen LogP contribution in [0.25, 0.3) is 55.6 Å². The Morgan fingerprint density at radius 2 is 1.70 bits per heavy atom. The Morgan fingerprint density at radius 3 is 2.38 bits per heavy atom. The average molecular weight is 798 g/mol. The summed E-state index contributed by atoms with van der Waals surface area (Å²) in [5, 5.41) is 10.4. The fraction of sp³-hybridized carbons (Fsp3) is 0.167. The van der Waals surface area contributed by atoms with Crippen molar-refractivity contribution in [2.75, 3.05) is 0 Å². The van der Waals surface area contributed by atoms with Gasteiger partial charge in [-0.2, -0.15) is 5.26 Å². The molecule has 0 unspecified atom stereocenters. The number of aromatic nitrogens is 2. The Balaban J connectivity index is 0.000000258. The molecule has 47 heavy (non-hydrogen) atoms. The summed E-state index contributed by atoms with van der Waals surface area (Å²) in [6, 6.07) is 23.5. The van der Waals surface area contributed by atoms with Crippen LogP contribution in [0.2, 0.25) is 0 Å². The molecule has 0 amide bonds. The van der Waals surface area contributed by atoms with E-state index in [9.17, 15) is 5.26 Å². The molecule has 3 heterocycles. The van der Waals surface area contributed by atoms with E-state index in [1.165, 1.54) is 34.9 Å². The fourth-order valence-electron chi connectivity index (χ4n) is 5.16. The van der Waals surface area contributed by atoms with E-state index in [1.54, 1.807) is 24.4 Å². The minimum atomic E-state index is -2.53. The Morgan fingerprint density at radius 1 is 0.894 bits per heavy atom. The second kappa shape index (κ2) is 13.9. The first-order chi connectivity index (χ1) is 25.4. The predicted octanol–water partition coefficient (Wildman–Crippen LogP) is 10.8. The van der Waals surface area contributed by atoms with E-state index in [0.717, 1.165) is 11.3 Å². The molecule has 0 fully saturated rings. The third-order valence-electron chi connectivity index (χ3n) is 7.82. The van der Waals surface area contributed by atoms with Crippen molar-refractivity contribution in [1.82, 2.24) is 9.97 Å². The number of nitriles is 1. The summed E-state index contributed by atoms with van der Waals surface area (Å²) < 4.78 is 71.4. The summed E-state index contributed by atoms with van der Waals surface area (Å²) in [5.74, 6) is 0. The van der Waals surface area contributed by atoms with Gasteiger partial charge in [0.25, 0.3) is 0 Å². The molecule has 0 N–H and O–H groups in total. The van der Waals surface area contributed by atoms with E-state index in [1.807, 2.05) is 18.3 Å². The third kappa shape index (κ3) is 6.81. The number of aryl methyl sites for hydroxylation is 3. The van der Waals surface area contributed by atoms with Crippen molar-refractivity contribution in [2.45, 2.75) is 46.9 Å². The van der Waals surface area contributed by atoms with Gasteiger partial charge in [-0.05, 0) is 53.9 Å². The average Bonchev–Trinajstić information content (AvgIpc) is 3.54. The summed E-state index contributed by atoms with van der Waals surface area (Å²) in [4.78, 5) is 8.82. The largest absolute Gasteiger partial charge is 0.500 e. The van der Waals surface area contributed by atoms with Gasteiger partial charge in [-0.15, -0.1) is 53.1 Å². The zero-order chi connectivity index (χ0) is 39.3. The number of pyridine rings is 2. The molecule has 0 bridgehead atoms. The Labute approximate surface area is 301 Å². The van der Waals surface area contributed by atoms with Crippen molar-refractivity contribution in [3.05, 3.63) is 143 Å². The second-order valence-electron chi connectivity index (χ2n) is 12.0. The number of hydrogen-bond acceptors (Lipinski definition) is 4. The van der Waals surface area contributed by atoms with Crippen LogP contribution >= 0.6 is 0 Å². The molecule has 7 rings (SSSR count). The molecule has 235 valence electrons. The van der Waals surface area contributed by atoms with Gasteiger partial charge in [0.1, 0.15) is 5.58 Å². The molecule has 3 aromatic heterocycles. The molecule has 0 spiro atoms. The maximum atomic E-state index is 9.85. The molecule has 0 aliphatic rings. The van der Waals surface area contributed by atoms with Gasteiger partial charge >= 0.3 is 0 Å². The van der Waals surface area contributed by atoms with Crippen molar-refractivity contribution in [1.29, 1.82) is 5.26 Å². The number of hydrogen-bond donors (Lipinski definition) is 0. The van der Waals surface area contributed by atoms with Crippen LogP contribution < -0.4 is 0 Å². The fourth-order valence-corrected chi connectivity index (χ4v) is 5.16. The van der Waals surface area contributed by atoms with E-state index in [2.05, 4.69) is 74.9 Å². The maximum Gasteiger partial charge on any atom is 0.130 e. The zero-order valence-electron chi connectivity index (χ0n) is 34.5. The molecular weight excluding hydrogens is 755 g/mol. The van der Waals surface area contributed by atoms with Crippen LogP contribution in [0.15, 0.2) is 108 Å². The quantitative estimate of drug-likeness (QED) is 0.167. The summed E-state index contributed by atoms with van der Waals surface area (Å²) in [7, 11) is 0.